The molecule has 0 radical (unpaired) electrons. The van der Waals surface area contributed by atoms with Crippen LogP contribution in [-0.4, -0.2) is 4.98 Å². The molecule has 0 amide bonds. The fourth-order valence-corrected chi connectivity index (χ4v) is 0.650. The van der Waals surface area contributed by atoms with Crippen molar-refractivity contribution in [2.45, 2.75) is 6.92 Å². The third kappa shape index (κ3) is 1.57. The molecule has 2 nitrogen and oxygen atoms in total. The van der Waals surface area contributed by atoms with E-state index in [2.05, 4.69) is 4.98 Å². The van der Waals surface area contributed by atoms with Crippen LogP contribution >= 0.6 is 11.6 Å². The van der Waals surface area contributed by atoms with Gasteiger partial charge in [0.15, 0.2) is 5.89 Å². The molecule has 0 aliphatic heterocycles. The molecule has 0 spiro atoms. The van der Waals surface area contributed by atoms with Crippen LogP contribution in [0.5, 0.6) is 0 Å². The number of hydrogen-bond donors (Lipinski definition) is 0. The summed E-state index contributed by atoms with van der Waals surface area (Å²) in [5, 5.41) is 0. The van der Waals surface area contributed by atoms with Crippen molar-refractivity contribution in [1.82, 2.24) is 4.98 Å². The van der Waals surface area contributed by atoms with Crippen LogP contribution in [0.25, 0.3) is 6.08 Å². The van der Waals surface area contributed by atoms with Crippen molar-refractivity contribution in [3.05, 3.63) is 23.4 Å². The summed E-state index contributed by atoms with van der Waals surface area (Å²) >= 11 is 5.28. The lowest BCUT2D eigenvalue weighted by atomic mass is 10.5. The Balaban J connectivity index is 2.85. The fraction of sp³-hybridized carbons (Fsp3) is 0.167. The van der Waals surface area contributed by atoms with E-state index in [4.69, 9.17) is 16.0 Å². The summed E-state index contributed by atoms with van der Waals surface area (Å²) in [6, 6.07) is 0. The SMILES string of the molecule is Cc1nc(C=CCl)co1. The van der Waals surface area contributed by atoms with E-state index < -0.39 is 0 Å². The van der Waals surface area contributed by atoms with Crippen LogP contribution in [0.4, 0.5) is 0 Å². The Morgan fingerprint density at radius 2 is 2.56 bits per heavy atom. The predicted octanol–water partition coefficient (Wildman–Crippen LogP) is 2.19. The minimum Gasteiger partial charge on any atom is -0.449 e. The molecule has 1 aromatic rings. The first kappa shape index (κ1) is 6.36. The Kier molecular flexibility index (Phi) is 1.90. The van der Waals surface area contributed by atoms with Gasteiger partial charge in [-0.2, -0.15) is 0 Å². The smallest absolute Gasteiger partial charge is 0.191 e. The lowest BCUT2D eigenvalue weighted by molar-refractivity contribution is 0.521. The van der Waals surface area contributed by atoms with Crippen LogP contribution in [0.3, 0.4) is 0 Å². The highest BCUT2D eigenvalue weighted by molar-refractivity contribution is 6.27. The molecule has 9 heavy (non-hydrogen) atoms. The number of oxazole rings is 1. The van der Waals surface area contributed by atoms with Gasteiger partial charge >= 0.3 is 0 Å². The average molecular weight is 144 g/mol. The van der Waals surface area contributed by atoms with E-state index in [1.807, 2.05) is 0 Å². The number of rotatable bonds is 1. The van der Waals surface area contributed by atoms with Crippen LogP contribution in [0.2, 0.25) is 0 Å². The Morgan fingerprint density at radius 1 is 1.78 bits per heavy atom. The fourth-order valence-electron chi connectivity index (χ4n) is 0.521. The van der Waals surface area contributed by atoms with E-state index in [9.17, 15) is 0 Å². The maximum Gasteiger partial charge on any atom is 0.191 e. The quantitative estimate of drug-likeness (QED) is 0.603. The van der Waals surface area contributed by atoms with Gasteiger partial charge in [-0.15, -0.1) is 0 Å². The van der Waals surface area contributed by atoms with Crippen molar-refractivity contribution in [3.63, 3.8) is 0 Å². The maximum absolute atomic E-state index is 5.28. The Morgan fingerprint density at radius 3 is 3.00 bits per heavy atom. The van der Waals surface area contributed by atoms with Gasteiger partial charge in [-0.05, 0) is 6.08 Å². The van der Waals surface area contributed by atoms with Gasteiger partial charge in [0, 0.05) is 12.5 Å². The molecule has 1 aromatic heterocycles. The van der Waals surface area contributed by atoms with Crippen LogP contribution in [0, 0.1) is 6.92 Å². The van der Waals surface area contributed by atoms with Crippen LogP contribution in [-0.2, 0) is 0 Å². The minimum absolute atomic E-state index is 0.653. The highest BCUT2D eigenvalue weighted by Crippen LogP contribution is 2.02. The first-order valence-corrected chi connectivity index (χ1v) is 2.95. The molecule has 0 saturated carbocycles. The van der Waals surface area contributed by atoms with E-state index in [-0.39, 0.29) is 0 Å². The van der Waals surface area contributed by atoms with Crippen LogP contribution < -0.4 is 0 Å². The monoisotopic (exact) mass is 143 g/mol. The molecule has 0 N–H and O–H groups in total. The van der Waals surface area contributed by atoms with Gasteiger partial charge in [-0.1, -0.05) is 11.6 Å². The molecular formula is C6H6ClNO. The van der Waals surface area contributed by atoms with Gasteiger partial charge < -0.3 is 4.42 Å². The summed E-state index contributed by atoms with van der Waals surface area (Å²) in [5.74, 6) is 0.653. The largest absolute Gasteiger partial charge is 0.449 e. The molecule has 0 aliphatic rings. The standard InChI is InChI=1S/C6H6ClNO/c1-5-8-6(2-3-7)4-9-5/h2-4H,1H3. The normalized spacial score (nSPS) is 10.9. The summed E-state index contributed by atoms with van der Waals surface area (Å²) in [5.41, 5.74) is 2.15. The Labute approximate surface area is 58.2 Å². The third-order valence-corrected chi connectivity index (χ3v) is 0.997. The first-order chi connectivity index (χ1) is 4.33. The number of aryl methyl sites for hydroxylation is 1. The van der Waals surface area contributed by atoms with Crippen LogP contribution in [0.15, 0.2) is 16.2 Å². The van der Waals surface area contributed by atoms with Crippen molar-refractivity contribution in [3.8, 4) is 0 Å². The zero-order chi connectivity index (χ0) is 6.69. The molecule has 0 unspecified atom stereocenters. The zero-order valence-corrected chi connectivity index (χ0v) is 5.72. The Hall–Kier alpha value is -0.760. The second-order valence-electron chi connectivity index (χ2n) is 1.58. The number of halogens is 1. The molecule has 0 saturated heterocycles. The van der Waals surface area contributed by atoms with E-state index in [0.29, 0.717) is 5.89 Å². The highest BCUT2D eigenvalue weighted by atomic mass is 35.5. The predicted molar refractivity (Wildman–Crippen MR) is 36.1 cm³/mol. The molecule has 0 fully saturated rings. The number of aromatic nitrogens is 1. The van der Waals surface area contributed by atoms with Crippen molar-refractivity contribution in [1.29, 1.82) is 0 Å². The van der Waals surface area contributed by atoms with Crippen molar-refractivity contribution in [2.75, 3.05) is 0 Å². The van der Waals surface area contributed by atoms with Crippen molar-refractivity contribution in [2.24, 2.45) is 0 Å². The summed E-state index contributed by atoms with van der Waals surface area (Å²) in [7, 11) is 0. The summed E-state index contributed by atoms with van der Waals surface area (Å²) in [6.07, 6.45) is 3.21. The topological polar surface area (TPSA) is 26.0 Å². The van der Waals surface area contributed by atoms with Gasteiger partial charge in [-0.25, -0.2) is 4.98 Å². The number of hydrogen-bond acceptors (Lipinski definition) is 2. The summed E-state index contributed by atoms with van der Waals surface area (Å²) in [6.45, 7) is 1.78. The molecule has 0 bridgehead atoms. The highest BCUT2D eigenvalue weighted by Gasteiger charge is 1.91. The molecule has 1 heterocycles. The van der Waals surface area contributed by atoms with Gasteiger partial charge in [0.1, 0.15) is 12.0 Å². The second-order valence-corrected chi connectivity index (χ2v) is 1.84. The van der Waals surface area contributed by atoms with Crippen molar-refractivity contribution >= 4 is 17.7 Å². The molecule has 0 atom stereocenters. The Bertz CT molecular complexity index is 217. The second kappa shape index (κ2) is 2.69. The first-order valence-electron chi connectivity index (χ1n) is 2.52. The molecule has 48 valence electrons. The summed E-state index contributed by atoms with van der Waals surface area (Å²) in [4.78, 5) is 3.96. The van der Waals surface area contributed by atoms with Gasteiger partial charge in [0.2, 0.25) is 0 Å². The van der Waals surface area contributed by atoms with Crippen molar-refractivity contribution < 1.29 is 4.42 Å². The third-order valence-electron chi connectivity index (χ3n) is 0.871. The van der Waals surface area contributed by atoms with Gasteiger partial charge in [0.25, 0.3) is 0 Å². The molecule has 0 aliphatic carbocycles. The molecule has 1 rings (SSSR count). The van der Waals surface area contributed by atoms with E-state index in [1.54, 1.807) is 19.3 Å². The zero-order valence-electron chi connectivity index (χ0n) is 4.97. The summed E-state index contributed by atoms with van der Waals surface area (Å²) < 4.78 is 4.90. The lowest BCUT2D eigenvalue weighted by Crippen LogP contribution is -1.69. The maximum atomic E-state index is 5.28. The molecule has 3 heteroatoms. The lowest BCUT2D eigenvalue weighted by Gasteiger charge is -1.72. The molecule has 0 aromatic carbocycles. The van der Waals surface area contributed by atoms with Crippen LogP contribution in [0.1, 0.15) is 11.6 Å². The average Bonchev–Trinajstić information content (AvgIpc) is 2.17. The van der Waals surface area contributed by atoms with Gasteiger partial charge in [0.05, 0.1) is 0 Å². The van der Waals surface area contributed by atoms with E-state index in [1.165, 1.54) is 5.54 Å². The van der Waals surface area contributed by atoms with E-state index in [0.717, 1.165) is 5.69 Å². The number of nitrogens with zero attached hydrogens (tertiary/aromatic N) is 1. The molecular weight excluding hydrogens is 138 g/mol. The van der Waals surface area contributed by atoms with E-state index >= 15 is 0 Å². The van der Waals surface area contributed by atoms with Gasteiger partial charge in [-0.3, -0.25) is 0 Å². The minimum atomic E-state index is 0.653.